The Bertz CT molecular complexity index is 599. The smallest absolute Gasteiger partial charge is 0.217 e. The molecule has 5 heteroatoms. The summed E-state index contributed by atoms with van der Waals surface area (Å²) < 4.78 is 14.2. The lowest BCUT2D eigenvalue weighted by molar-refractivity contribution is -0.119. The van der Waals surface area contributed by atoms with Crippen LogP contribution in [0.15, 0.2) is 18.2 Å². The second-order valence-corrected chi connectivity index (χ2v) is 7.66. The van der Waals surface area contributed by atoms with Crippen molar-refractivity contribution in [1.82, 2.24) is 10.6 Å². The van der Waals surface area contributed by atoms with Crippen molar-refractivity contribution in [3.63, 3.8) is 0 Å². The summed E-state index contributed by atoms with van der Waals surface area (Å²) in [6.45, 7) is 5.39. The number of anilines is 1. The summed E-state index contributed by atoms with van der Waals surface area (Å²) in [5.41, 5.74) is 1.84. The number of carbonyl (C=O) groups is 1. The van der Waals surface area contributed by atoms with E-state index in [4.69, 9.17) is 0 Å². The van der Waals surface area contributed by atoms with Gasteiger partial charge in [0.1, 0.15) is 5.82 Å². The van der Waals surface area contributed by atoms with E-state index in [2.05, 4.69) is 15.5 Å². The Balaban J connectivity index is 1.52. The maximum absolute atomic E-state index is 14.2. The molecule has 0 unspecified atom stereocenters. The van der Waals surface area contributed by atoms with Gasteiger partial charge in [0.15, 0.2) is 0 Å². The molecule has 1 saturated carbocycles. The molecular formula is C20H30FN3O. The molecule has 1 aliphatic heterocycles. The van der Waals surface area contributed by atoms with Crippen LogP contribution in [0, 0.1) is 12.7 Å². The minimum Gasteiger partial charge on any atom is -0.368 e. The van der Waals surface area contributed by atoms with Crippen molar-refractivity contribution < 1.29 is 9.18 Å². The van der Waals surface area contributed by atoms with Gasteiger partial charge >= 0.3 is 0 Å². The summed E-state index contributed by atoms with van der Waals surface area (Å²) in [7, 11) is 0. The van der Waals surface area contributed by atoms with E-state index >= 15 is 0 Å². The highest BCUT2D eigenvalue weighted by molar-refractivity contribution is 5.73. The molecule has 1 heterocycles. The van der Waals surface area contributed by atoms with E-state index in [1.807, 2.05) is 19.1 Å². The van der Waals surface area contributed by atoms with Crippen LogP contribution in [-0.4, -0.2) is 37.1 Å². The van der Waals surface area contributed by atoms with E-state index in [0.717, 1.165) is 62.9 Å². The predicted octanol–water partition coefficient (Wildman–Crippen LogP) is 3.14. The van der Waals surface area contributed by atoms with E-state index < -0.39 is 0 Å². The fourth-order valence-corrected chi connectivity index (χ4v) is 4.22. The summed E-state index contributed by atoms with van der Waals surface area (Å²) in [5.74, 6) is -0.0541. The van der Waals surface area contributed by atoms with E-state index in [9.17, 15) is 9.18 Å². The summed E-state index contributed by atoms with van der Waals surface area (Å²) in [6.07, 6.45) is 6.52. The molecule has 1 aromatic carbocycles. The Labute approximate surface area is 150 Å². The van der Waals surface area contributed by atoms with E-state index in [1.54, 1.807) is 13.0 Å². The molecule has 2 aliphatic rings. The molecular weight excluding hydrogens is 317 g/mol. The molecule has 1 aromatic rings. The van der Waals surface area contributed by atoms with Crippen LogP contribution in [0.3, 0.4) is 0 Å². The average molecular weight is 347 g/mol. The highest BCUT2D eigenvalue weighted by Crippen LogP contribution is 2.26. The number of piperidine rings is 1. The number of aryl methyl sites for hydroxylation is 1. The second-order valence-electron chi connectivity index (χ2n) is 7.66. The van der Waals surface area contributed by atoms with Gasteiger partial charge in [0, 0.05) is 38.1 Å². The summed E-state index contributed by atoms with van der Waals surface area (Å²) in [4.78, 5) is 13.4. The third-order valence-corrected chi connectivity index (χ3v) is 5.47. The van der Waals surface area contributed by atoms with Crippen molar-refractivity contribution >= 4 is 11.6 Å². The SMILES string of the molecule is CC(=O)NC1CCC(N[C@H]2CCCN(c3cc(C)ccc3F)C2)CC1. The molecule has 25 heavy (non-hydrogen) atoms. The standard InChI is InChI=1S/C20H30FN3O/c1-14-5-10-19(21)20(12-14)24-11-3-4-18(13-24)23-17-8-6-16(7-9-17)22-15(2)25/h5,10,12,16-18,23H,3-4,6-9,11,13H2,1-2H3,(H,22,25)/t16?,17?,18-/m0/s1. The van der Waals surface area contributed by atoms with Crippen molar-refractivity contribution in [2.24, 2.45) is 0 Å². The second kappa shape index (κ2) is 8.17. The number of carbonyl (C=O) groups excluding carboxylic acids is 1. The number of benzene rings is 1. The van der Waals surface area contributed by atoms with Gasteiger partial charge < -0.3 is 15.5 Å². The van der Waals surface area contributed by atoms with Gasteiger partial charge in [-0.15, -0.1) is 0 Å². The molecule has 0 aromatic heterocycles. The molecule has 1 aliphatic carbocycles. The van der Waals surface area contributed by atoms with E-state index in [1.165, 1.54) is 0 Å². The number of nitrogens with zero attached hydrogens (tertiary/aromatic N) is 1. The van der Waals surface area contributed by atoms with Crippen LogP contribution in [0.1, 0.15) is 51.0 Å². The summed E-state index contributed by atoms with van der Waals surface area (Å²) in [5, 5.41) is 6.82. The Morgan fingerprint density at radius 2 is 1.84 bits per heavy atom. The fraction of sp³-hybridized carbons (Fsp3) is 0.650. The first-order valence-electron chi connectivity index (χ1n) is 9.55. The molecule has 1 atom stereocenters. The molecule has 138 valence electrons. The zero-order valence-electron chi connectivity index (χ0n) is 15.4. The fourth-order valence-electron chi connectivity index (χ4n) is 4.22. The monoisotopic (exact) mass is 347 g/mol. The van der Waals surface area contributed by atoms with Crippen LogP contribution >= 0.6 is 0 Å². The van der Waals surface area contributed by atoms with Crippen LogP contribution in [0.25, 0.3) is 0 Å². The first-order chi connectivity index (χ1) is 12.0. The topological polar surface area (TPSA) is 44.4 Å². The molecule has 0 spiro atoms. The number of amides is 1. The van der Waals surface area contributed by atoms with E-state index in [0.29, 0.717) is 18.1 Å². The molecule has 3 rings (SSSR count). The quantitative estimate of drug-likeness (QED) is 0.879. The van der Waals surface area contributed by atoms with Crippen molar-refractivity contribution in [1.29, 1.82) is 0 Å². The highest BCUT2D eigenvalue weighted by atomic mass is 19.1. The first kappa shape index (κ1) is 18.2. The normalized spacial score (nSPS) is 27.2. The average Bonchev–Trinajstić information content (AvgIpc) is 2.59. The first-order valence-corrected chi connectivity index (χ1v) is 9.55. The number of hydrogen-bond donors (Lipinski definition) is 2. The zero-order chi connectivity index (χ0) is 17.8. The van der Waals surface area contributed by atoms with Gasteiger partial charge in [0.2, 0.25) is 5.91 Å². The maximum Gasteiger partial charge on any atom is 0.217 e. The van der Waals surface area contributed by atoms with Gasteiger partial charge in [-0.25, -0.2) is 4.39 Å². The Kier molecular flexibility index (Phi) is 5.94. The lowest BCUT2D eigenvalue weighted by Crippen LogP contribution is -2.51. The molecule has 0 radical (unpaired) electrons. The summed E-state index contributed by atoms with van der Waals surface area (Å²) >= 11 is 0. The zero-order valence-corrected chi connectivity index (χ0v) is 15.4. The van der Waals surface area contributed by atoms with Gasteiger partial charge in [0.05, 0.1) is 5.69 Å². The minimum atomic E-state index is -0.123. The van der Waals surface area contributed by atoms with Crippen molar-refractivity contribution in [2.75, 3.05) is 18.0 Å². The van der Waals surface area contributed by atoms with Crippen molar-refractivity contribution in [3.8, 4) is 0 Å². The number of hydrogen-bond acceptors (Lipinski definition) is 3. The van der Waals surface area contributed by atoms with Crippen LogP contribution in [0.2, 0.25) is 0 Å². The number of nitrogens with one attached hydrogen (secondary N) is 2. The Morgan fingerprint density at radius 3 is 2.56 bits per heavy atom. The van der Waals surface area contributed by atoms with Gasteiger partial charge in [-0.1, -0.05) is 6.07 Å². The minimum absolute atomic E-state index is 0.0690. The number of rotatable bonds is 4. The molecule has 4 nitrogen and oxygen atoms in total. The summed E-state index contributed by atoms with van der Waals surface area (Å²) in [6, 6.07) is 6.61. The van der Waals surface area contributed by atoms with Gasteiger partial charge in [-0.05, 0) is 63.1 Å². The lowest BCUT2D eigenvalue weighted by Gasteiger charge is -2.38. The van der Waals surface area contributed by atoms with Gasteiger partial charge in [-0.2, -0.15) is 0 Å². The van der Waals surface area contributed by atoms with Crippen molar-refractivity contribution in [2.45, 2.75) is 70.5 Å². The van der Waals surface area contributed by atoms with Crippen LogP contribution in [-0.2, 0) is 4.79 Å². The lowest BCUT2D eigenvalue weighted by atomic mass is 9.90. The third-order valence-electron chi connectivity index (χ3n) is 5.47. The van der Waals surface area contributed by atoms with Gasteiger partial charge in [-0.3, -0.25) is 4.79 Å². The predicted molar refractivity (Wildman–Crippen MR) is 99.4 cm³/mol. The van der Waals surface area contributed by atoms with Crippen LogP contribution < -0.4 is 15.5 Å². The number of halogens is 1. The van der Waals surface area contributed by atoms with Gasteiger partial charge in [0.25, 0.3) is 0 Å². The molecule has 1 saturated heterocycles. The largest absolute Gasteiger partial charge is 0.368 e. The molecule has 0 bridgehead atoms. The third kappa shape index (κ3) is 4.94. The van der Waals surface area contributed by atoms with Crippen LogP contribution in [0.5, 0.6) is 0 Å². The highest BCUT2D eigenvalue weighted by Gasteiger charge is 2.27. The van der Waals surface area contributed by atoms with Crippen LogP contribution in [0.4, 0.5) is 10.1 Å². The Hall–Kier alpha value is -1.62. The molecule has 2 N–H and O–H groups in total. The Morgan fingerprint density at radius 1 is 1.12 bits per heavy atom. The van der Waals surface area contributed by atoms with Crippen molar-refractivity contribution in [3.05, 3.63) is 29.6 Å². The maximum atomic E-state index is 14.2. The molecule has 1 amide bonds. The van der Waals surface area contributed by atoms with E-state index in [-0.39, 0.29) is 11.7 Å². The molecule has 2 fully saturated rings.